The predicted molar refractivity (Wildman–Crippen MR) is 134 cm³/mol. The first-order valence-corrected chi connectivity index (χ1v) is 10.8. The molecule has 164 valence electrons. The van der Waals surface area contributed by atoms with Crippen LogP contribution in [-0.4, -0.2) is 10.5 Å². The number of rotatable bonds is 5. The van der Waals surface area contributed by atoms with Gasteiger partial charge in [0.2, 0.25) is 5.91 Å². The van der Waals surface area contributed by atoms with Crippen LogP contribution in [0.2, 0.25) is 0 Å². The Bertz CT molecular complexity index is 1590. The zero-order valence-corrected chi connectivity index (χ0v) is 18.2. The molecule has 0 saturated carbocycles. The summed E-state index contributed by atoms with van der Waals surface area (Å²) in [5.41, 5.74) is 3.66. The van der Waals surface area contributed by atoms with E-state index in [0.29, 0.717) is 11.3 Å². The summed E-state index contributed by atoms with van der Waals surface area (Å²) >= 11 is 0. The van der Waals surface area contributed by atoms with Gasteiger partial charge >= 0.3 is 0 Å². The molecule has 1 aromatic heterocycles. The standard InChI is InChI=1S/C29H20FN3O/c30-25-11-13-26(14-12-25)32-29(34)19-33-18-24(27-7-3-4-8-28(27)33)16-23(17-31)22-10-9-20-5-1-2-6-21(20)15-22/h1-16,18H,19H2,(H,32,34)/b23-16-. The maximum atomic E-state index is 13.1. The number of benzene rings is 4. The third-order valence-electron chi connectivity index (χ3n) is 5.74. The molecule has 0 radical (unpaired) electrons. The number of carbonyl (C=O) groups is 1. The van der Waals surface area contributed by atoms with E-state index in [1.165, 1.54) is 24.3 Å². The molecular weight excluding hydrogens is 425 g/mol. The number of hydrogen-bond acceptors (Lipinski definition) is 2. The first kappa shape index (κ1) is 21.2. The fourth-order valence-electron chi connectivity index (χ4n) is 4.10. The van der Waals surface area contributed by atoms with Gasteiger partial charge in [-0.25, -0.2) is 4.39 Å². The lowest BCUT2D eigenvalue weighted by molar-refractivity contribution is -0.116. The molecule has 0 unspecified atom stereocenters. The summed E-state index contributed by atoms with van der Waals surface area (Å²) in [7, 11) is 0. The Hall–Kier alpha value is -4.69. The molecule has 0 aliphatic rings. The highest BCUT2D eigenvalue weighted by atomic mass is 19.1. The lowest BCUT2D eigenvalue weighted by Crippen LogP contribution is -2.18. The molecule has 0 aliphatic carbocycles. The van der Waals surface area contributed by atoms with Gasteiger partial charge in [-0.3, -0.25) is 4.79 Å². The molecule has 5 aromatic rings. The van der Waals surface area contributed by atoms with E-state index in [-0.39, 0.29) is 18.3 Å². The molecule has 1 amide bonds. The maximum absolute atomic E-state index is 13.1. The van der Waals surface area contributed by atoms with Gasteiger partial charge in [0.05, 0.1) is 11.6 Å². The Balaban J connectivity index is 1.48. The predicted octanol–water partition coefficient (Wildman–Crippen LogP) is 6.64. The topological polar surface area (TPSA) is 57.8 Å². The minimum absolute atomic E-state index is 0.0869. The smallest absolute Gasteiger partial charge is 0.244 e. The SMILES string of the molecule is N#C/C(=C/c1cn(CC(=O)Nc2ccc(F)cc2)c2ccccc12)c1ccc2ccccc2c1. The molecule has 34 heavy (non-hydrogen) atoms. The van der Waals surface area contributed by atoms with Crippen LogP contribution in [0.3, 0.4) is 0 Å². The Morgan fingerprint density at radius 1 is 0.941 bits per heavy atom. The van der Waals surface area contributed by atoms with Gasteiger partial charge in [-0.05, 0) is 58.8 Å². The Labute approximate surface area is 196 Å². The Morgan fingerprint density at radius 3 is 2.47 bits per heavy atom. The van der Waals surface area contributed by atoms with Crippen LogP contribution in [0, 0.1) is 17.1 Å². The quantitative estimate of drug-likeness (QED) is 0.309. The van der Waals surface area contributed by atoms with Crippen molar-refractivity contribution < 1.29 is 9.18 Å². The number of fused-ring (bicyclic) bond motifs is 2. The number of carbonyl (C=O) groups excluding carboxylic acids is 1. The summed E-state index contributed by atoms with van der Waals surface area (Å²) < 4.78 is 15.0. The summed E-state index contributed by atoms with van der Waals surface area (Å²) in [6, 6.07) is 29.8. The largest absolute Gasteiger partial charge is 0.337 e. The molecule has 4 aromatic carbocycles. The molecule has 0 bridgehead atoms. The third kappa shape index (κ3) is 4.30. The minimum Gasteiger partial charge on any atom is -0.337 e. The molecule has 0 atom stereocenters. The second kappa shape index (κ2) is 9.05. The van der Waals surface area contributed by atoms with Crippen LogP contribution in [0.1, 0.15) is 11.1 Å². The van der Waals surface area contributed by atoms with Crippen LogP contribution < -0.4 is 5.32 Å². The van der Waals surface area contributed by atoms with Gasteiger partial charge in [0.25, 0.3) is 0 Å². The van der Waals surface area contributed by atoms with Crippen molar-refractivity contribution >= 4 is 44.9 Å². The molecular formula is C29H20FN3O. The second-order valence-electron chi connectivity index (χ2n) is 8.02. The number of hydrogen-bond donors (Lipinski definition) is 1. The van der Waals surface area contributed by atoms with Crippen molar-refractivity contribution in [3.05, 3.63) is 114 Å². The van der Waals surface area contributed by atoms with E-state index in [4.69, 9.17) is 0 Å². The summed E-state index contributed by atoms with van der Waals surface area (Å²) in [6.07, 6.45) is 3.74. The summed E-state index contributed by atoms with van der Waals surface area (Å²) in [5.74, 6) is -0.580. The lowest BCUT2D eigenvalue weighted by atomic mass is 10.00. The number of halogens is 1. The van der Waals surface area contributed by atoms with Crippen LogP contribution in [0.5, 0.6) is 0 Å². The second-order valence-corrected chi connectivity index (χ2v) is 8.02. The van der Waals surface area contributed by atoms with Crippen molar-refractivity contribution in [1.82, 2.24) is 4.57 Å². The number of aromatic nitrogens is 1. The first-order valence-electron chi connectivity index (χ1n) is 10.8. The van der Waals surface area contributed by atoms with Crippen molar-refractivity contribution in [2.45, 2.75) is 6.54 Å². The number of nitriles is 1. The van der Waals surface area contributed by atoms with Crippen LogP contribution >= 0.6 is 0 Å². The Morgan fingerprint density at radius 2 is 1.68 bits per heavy atom. The molecule has 0 aliphatic heterocycles. The molecule has 5 rings (SSSR count). The van der Waals surface area contributed by atoms with Gasteiger partial charge in [-0.1, -0.05) is 54.6 Å². The number of anilines is 1. The van der Waals surface area contributed by atoms with Crippen LogP contribution in [0.15, 0.2) is 97.2 Å². The molecule has 4 nitrogen and oxygen atoms in total. The number of amides is 1. The summed E-state index contributed by atoms with van der Waals surface area (Å²) in [6.45, 7) is 0.0869. The zero-order chi connectivity index (χ0) is 23.5. The summed E-state index contributed by atoms with van der Waals surface area (Å²) in [4.78, 5) is 12.7. The highest BCUT2D eigenvalue weighted by Gasteiger charge is 2.12. The number of para-hydroxylation sites is 1. The summed E-state index contributed by atoms with van der Waals surface area (Å²) in [5, 5.41) is 15.8. The van der Waals surface area contributed by atoms with Gasteiger partial charge in [0.15, 0.2) is 0 Å². The zero-order valence-electron chi connectivity index (χ0n) is 18.2. The van der Waals surface area contributed by atoms with E-state index in [1.54, 1.807) is 0 Å². The molecule has 1 N–H and O–H groups in total. The van der Waals surface area contributed by atoms with E-state index in [2.05, 4.69) is 11.4 Å². The molecule has 1 heterocycles. The van der Waals surface area contributed by atoms with E-state index in [9.17, 15) is 14.4 Å². The van der Waals surface area contributed by atoms with Crippen molar-refractivity contribution in [2.24, 2.45) is 0 Å². The van der Waals surface area contributed by atoms with Crippen molar-refractivity contribution in [3.63, 3.8) is 0 Å². The molecule has 0 spiro atoms. The monoisotopic (exact) mass is 445 g/mol. The van der Waals surface area contributed by atoms with E-state index in [0.717, 1.165) is 32.8 Å². The average Bonchev–Trinajstić information content (AvgIpc) is 3.20. The van der Waals surface area contributed by atoms with E-state index < -0.39 is 0 Å². The normalized spacial score (nSPS) is 11.5. The lowest BCUT2D eigenvalue weighted by Gasteiger charge is -2.07. The molecule has 0 fully saturated rings. The maximum Gasteiger partial charge on any atom is 0.244 e. The first-order chi connectivity index (χ1) is 16.6. The van der Waals surface area contributed by atoms with Crippen LogP contribution in [0.25, 0.3) is 33.3 Å². The van der Waals surface area contributed by atoms with Crippen LogP contribution in [0.4, 0.5) is 10.1 Å². The van der Waals surface area contributed by atoms with Crippen LogP contribution in [-0.2, 0) is 11.3 Å². The third-order valence-corrected chi connectivity index (χ3v) is 5.74. The highest BCUT2D eigenvalue weighted by molar-refractivity contribution is 6.00. The number of nitrogens with one attached hydrogen (secondary N) is 1. The molecule has 0 saturated heterocycles. The Kier molecular flexibility index (Phi) is 5.63. The fraction of sp³-hybridized carbons (Fsp3) is 0.0345. The van der Waals surface area contributed by atoms with Gasteiger partial charge in [0.1, 0.15) is 12.4 Å². The number of nitrogens with zero attached hydrogens (tertiary/aromatic N) is 2. The fourth-order valence-corrected chi connectivity index (χ4v) is 4.10. The van der Waals surface area contributed by atoms with Gasteiger partial charge in [0, 0.05) is 28.4 Å². The molecule has 5 heteroatoms. The van der Waals surface area contributed by atoms with E-state index in [1.807, 2.05) is 83.6 Å². The van der Waals surface area contributed by atoms with Crippen molar-refractivity contribution in [3.8, 4) is 6.07 Å². The highest BCUT2D eigenvalue weighted by Crippen LogP contribution is 2.28. The average molecular weight is 445 g/mol. The van der Waals surface area contributed by atoms with Crippen molar-refractivity contribution in [2.75, 3.05) is 5.32 Å². The van der Waals surface area contributed by atoms with Gasteiger partial charge < -0.3 is 9.88 Å². The number of allylic oxidation sites excluding steroid dienone is 1. The van der Waals surface area contributed by atoms with Gasteiger partial charge in [-0.15, -0.1) is 0 Å². The van der Waals surface area contributed by atoms with Crippen molar-refractivity contribution in [1.29, 1.82) is 5.26 Å². The minimum atomic E-state index is -0.356. The van der Waals surface area contributed by atoms with E-state index >= 15 is 0 Å². The van der Waals surface area contributed by atoms with Gasteiger partial charge in [-0.2, -0.15) is 5.26 Å².